The topological polar surface area (TPSA) is 79.3 Å². The number of ether oxygens (including phenoxy) is 1. The Hall–Kier alpha value is -4.66. The van der Waals surface area contributed by atoms with Crippen molar-refractivity contribution >= 4 is 22.8 Å². The van der Waals surface area contributed by atoms with E-state index in [4.69, 9.17) is 14.8 Å². The minimum absolute atomic E-state index is 0.247. The fraction of sp³-hybridized carbons (Fsp3) is 0.324. The number of rotatable bonds is 5. The van der Waals surface area contributed by atoms with Gasteiger partial charge in [-0.15, -0.1) is 0 Å². The first-order valence-corrected chi connectivity index (χ1v) is 14.6. The van der Waals surface area contributed by atoms with Crippen LogP contribution in [0.25, 0.3) is 33.3 Å². The van der Waals surface area contributed by atoms with E-state index < -0.39 is 5.60 Å². The van der Waals surface area contributed by atoms with Crippen LogP contribution in [-0.4, -0.2) is 62.5 Å². The van der Waals surface area contributed by atoms with Crippen molar-refractivity contribution in [1.82, 2.24) is 24.6 Å². The van der Waals surface area contributed by atoms with Crippen LogP contribution in [0, 0.1) is 19.7 Å². The van der Waals surface area contributed by atoms with Crippen molar-refractivity contribution in [2.75, 3.05) is 31.1 Å². The number of pyridine rings is 1. The maximum Gasteiger partial charge on any atom is 0.410 e. The molecule has 9 heteroatoms. The van der Waals surface area contributed by atoms with E-state index in [1.807, 2.05) is 50.8 Å². The predicted molar refractivity (Wildman–Crippen MR) is 168 cm³/mol. The Morgan fingerprint density at radius 1 is 1.00 bits per heavy atom. The van der Waals surface area contributed by atoms with Crippen molar-refractivity contribution in [3.05, 3.63) is 89.8 Å². The van der Waals surface area contributed by atoms with Gasteiger partial charge in [-0.25, -0.2) is 14.2 Å². The first-order chi connectivity index (χ1) is 20.6. The molecule has 1 fully saturated rings. The number of aromatic amines is 1. The Labute approximate surface area is 251 Å². The number of amides is 1. The van der Waals surface area contributed by atoms with Crippen molar-refractivity contribution in [2.45, 2.75) is 46.8 Å². The number of benzene rings is 2. The quantitative estimate of drug-likeness (QED) is 0.243. The second-order valence-electron chi connectivity index (χ2n) is 12.2. The molecule has 1 aliphatic heterocycles. The number of anilines is 1. The molecule has 1 N–H and O–H groups in total. The zero-order valence-corrected chi connectivity index (χ0v) is 25.3. The monoisotopic (exact) mass is 580 g/mol. The fourth-order valence-electron chi connectivity index (χ4n) is 5.76. The molecular weight excluding hydrogens is 543 g/mol. The highest BCUT2D eigenvalue weighted by Gasteiger charge is 2.26. The molecule has 0 aliphatic carbocycles. The van der Waals surface area contributed by atoms with E-state index in [2.05, 4.69) is 47.1 Å². The maximum atomic E-state index is 13.8. The standard InChI is InChI=1S/C34H37FN6O2/c1-22-31(23(2)41(38-22)21-24-7-6-8-27(35)17-24)30-20-37-32-29(30)18-26(19-36-32)25-9-11-28(12-10-25)39-13-15-40(16-14-39)33(42)43-34(3,4)5/h6-12,17-20H,13-16,21H2,1-5H3,(H,36,37). The van der Waals surface area contributed by atoms with E-state index in [9.17, 15) is 9.18 Å². The van der Waals surface area contributed by atoms with E-state index in [1.54, 1.807) is 17.0 Å². The lowest BCUT2D eigenvalue weighted by Crippen LogP contribution is -2.50. The van der Waals surface area contributed by atoms with Crippen LogP contribution >= 0.6 is 0 Å². The molecule has 0 atom stereocenters. The van der Waals surface area contributed by atoms with Crippen molar-refractivity contribution in [1.29, 1.82) is 0 Å². The highest BCUT2D eigenvalue weighted by Crippen LogP contribution is 2.35. The molecule has 0 spiro atoms. The summed E-state index contributed by atoms with van der Waals surface area (Å²) >= 11 is 0. The van der Waals surface area contributed by atoms with Crippen LogP contribution in [0.1, 0.15) is 37.7 Å². The molecule has 2 aromatic carbocycles. The van der Waals surface area contributed by atoms with E-state index in [-0.39, 0.29) is 11.9 Å². The second-order valence-corrected chi connectivity index (χ2v) is 12.2. The van der Waals surface area contributed by atoms with Gasteiger partial charge in [-0.05, 0) is 76.1 Å². The Kier molecular flexibility index (Phi) is 7.42. The first-order valence-electron chi connectivity index (χ1n) is 14.6. The normalized spacial score (nSPS) is 14.0. The van der Waals surface area contributed by atoms with Gasteiger partial charge in [-0.2, -0.15) is 5.10 Å². The molecule has 3 aromatic heterocycles. The number of aryl methyl sites for hydroxylation is 1. The number of carbonyl (C=O) groups is 1. The summed E-state index contributed by atoms with van der Waals surface area (Å²) in [5.74, 6) is -0.247. The highest BCUT2D eigenvalue weighted by molar-refractivity contribution is 5.97. The van der Waals surface area contributed by atoms with E-state index >= 15 is 0 Å². The number of hydrogen-bond donors (Lipinski definition) is 1. The van der Waals surface area contributed by atoms with Gasteiger partial charge < -0.3 is 19.5 Å². The number of piperazine rings is 1. The lowest BCUT2D eigenvalue weighted by Gasteiger charge is -2.36. The summed E-state index contributed by atoms with van der Waals surface area (Å²) in [6, 6.07) is 17.3. The van der Waals surface area contributed by atoms with Crippen LogP contribution in [0.15, 0.2) is 67.0 Å². The number of aromatic nitrogens is 4. The van der Waals surface area contributed by atoms with Gasteiger partial charge in [0.05, 0.1) is 12.2 Å². The fourth-order valence-corrected chi connectivity index (χ4v) is 5.76. The average Bonchev–Trinajstić information content (AvgIpc) is 3.50. The van der Waals surface area contributed by atoms with Crippen LogP contribution in [0.5, 0.6) is 0 Å². The third kappa shape index (κ3) is 5.98. The van der Waals surface area contributed by atoms with Gasteiger partial charge in [-0.1, -0.05) is 24.3 Å². The molecule has 1 aliphatic rings. The lowest BCUT2D eigenvalue weighted by atomic mass is 10.0. The summed E-state index contributed by atoms with van der Waals surface area (Å²) < 4.78 is 21.2. The van der Waals surface area contributed by atoms with Crippen LogP contribution in [0.2, 0.25) is 0 Å². The van der Waals surface area contributed by atoms with Crippen LogP contribution in [0.4, 0.5) is 14.9 Å². The van der Waals surface area contributed by atoms with Crippen LogP contribution in [0.3, 0.4) is 0 Å². The molecule has 5 aromatic rings. The molecule has 0 unspecified atom stereocenters. The number of H-pyrrole nitrogens is 1. The van der Waals surface area contributed by atoms with E-state index in [0.717, 1.165) is 69.0 Å². The predicted octanol–water partition coefficient (Wildman–Crippen LogP) is 6.95. The van der Waals surface area contributed by atoms with Gasteiger partial charge in [-0.3, -0.25) is 4.68 Å². The van der Waals surface area contributed by atoms with Crippen molar-refractivity contribution < 1.29 is 13.9 Å². The molecule has 0 saturated carbocycles. The number of halogens is 1. The minimum atomic E-state index is -0.493. The number of hydrogen-bond acceptors (Lipinski definition) is 5. The number of nitrogens with zero attached hydrogens (tertiary/aromatic N) is 5. The molecule has 0 bridgehead atoms. The van der Waals surface area contributed by atoms with Crippen molar-refractivity contribution in [3.8, 4) is 22.3 Å². The lowest BCUT2D eigenvalue weighted by molar-refractivity contribution is 0.0240. The SMILES string of the molecule is Cc1nn(Cc2cccc(F)c2)c(C)c1-c1c[nH]c2ncc(-c3ccc(N4CCN(C(=O)OC(C)(C)C)CC4)cc3)cc12. The van der Waals surface area contributed by atoms with E-state index in [0.29, 0.717) is 19.6 Å². The smallest absolute Gasteiger partial charge is 0.410 e. The molecule has 43 heavy (non-hydrogen) atoms. The molecular formula is C34H37FN6O2. The largest absolute Gasteiger partial charge is 0.444 e. The Morgan fingerprint density at radius 3 is 2.44 bits per heavy atom. The summed E-state index contributed by atoms with van der Waals surface area (Å²) in [7, 11) is 0. The van der Waals surface area contributed by atoms with Gasteiger partial charge >= 0.3 is 6.09 Å². The Balaban J connectivity index is 1.20. The van der Waals surface area contributed by atoms with Gasteiger partial charge in [0.2, 0.25) is 0 Å². The van der Waals surface area contributed by atoms with Gasteiger partial charge in [0.25, 0.3) is 0 Å². The first kappa shape index (κ1) is 28.5. The third-order valence-corrected chi connectivity index (χ3v) is 7.90. The Bertz CT molecular complexity index is 1780. The summed E-state index contributed by atoms with van der Waals surface area (Å²) in [6.07, 6.45) is 3.63. The number of carbonyl (C=O) groups excluding carboxylic acids is 1. The number of nitrogens with one attached hydrogen (secondary N) is 1. The summed E-state index contributed by atoms with van der Waals surface area (Å²) in [6.45, 7) is 13.0. The second kappa shape index (κ2) is 11.2. The van der Waals surface area contributed by atoms with E-state index in [1.165, 1.54) is 6.07 Å². The van der Waals surface area contributed by atoms with Crippen LogP contribution < -0.4 is 4.90 Å². The van der Waals surface area contributed by atoms with Crippen LogP contribution in [-0.2, 0) is 11.3 Å². The Morgan fingerprint density at radius 2 is 1.74 bits per heavy atom. The maximum absolute atomic E-state index is 13.8. The molecule has 1 amide bonds. The summed E-state index contributed by atoms with van der Waals surface area (Å²) in [5.41, 5.74) is 8.45. The molecule has 1 saturated heterocycles. The molecule has 6 rings (SSSR count). The van der Waals surface area contributed by atoms with Gasteiger partial charge in [0.1, 0.15) is 17.1 Å². The minimum Gasteiger partial charge on any atom is -0.444 e. The number of fused-ring (bicyclic) bond motifs is 1. The zero-order valence-electron chi connectivity index (χ0n) is 25.3. The third-order valence-electron chi connectivity index (χ3n) is 7.90. The molecule has 4 heterocycles. The zero-order chi connectivity index (χ0) is 30.3. The molecule has 8 nitrogen and oxygen atoms in total. The van der Waals surface area contributed by atoms with Crippen molar-refractivity contribution in [2.24, 2.45) is 0 Å². The van der Waals surface area contributed by atoms with Gasteiger partial charge in [0.15, 0.2) is 0 Å². The summed E-state index contributed by atoms with van der Waals surface area (Å²) in [5, 5.41) is 5.81. The van der Waals surface area contributed by atoms with Crippen molar-refractivity contribution in [3.63, 3.8) is 0 Å². The van der Waals surface area contributed by atoms with Gasteiger partial charge in [0, 0.05) is 72.0 Å². The average molecular weight is 581 g/mol. The molecule has 0 radical (unpaired) electrons. The summed E-state index contributed by atoms with van der Waals surface area (Å²) in [4.78, 5) is 24.5. The highest BCUT2D eigenvalue weighted by atomic mass is 19.1. The molecule has 222 valence electrons.